The molecular weight excluding hydrogens is 258 g/mol. The first-order valence-electron chi connectivity index (χ1n) is 8.35. The highest BCUT2D eigenvalue weighted by molar-refractivity contribution is 5.25. The van der Waals surface area contributed by atoms with Gasteiger partial charge in [-0.25, -0.2) is 0 Å². The molecule has 0 aromatic heterocycles. The third-order valence-electron chi connectivity index (χ3n) is 4.66. The molecule has 1 fully saturated rings. The van der Waals surface area contributed by atoms with Crippen LogP contribution in [-0.4, -0.2) is 56.1 Å². The van der Waals surface area contributed by atoms with E-state index < -0.39 is 0 Å². The molecule has 0 bridgehead atoms. The molecule has 1 heterocycles. The largest absolute Gasteiger partial charge is 0.309 e. The predicted molar refractivity (Wildman–Crippen MR) is 90.8 cm³/mol. The van der Waals surface area contributed by atoms with Gasteiger partial charge in [0.05, 0.1) is 0 Å². The third kappa shape index (κ3) is 4.53. The van der Waals surface area contributed by atoms with Crippen molar-refractivity contribution in [2.24, 2.45) is 0 Å². The van der Waals surface area contributed by atoms with Crippen molar-refractivity contribution in [2.75, 3.05) is 40.3 Å². The average Bonchev–Trinajstić information content (AvgIpc) is 2.96. The van der Waals surface area contributed by atoms with Crippen LogP contribution in [0, 0.1) is 0 Å². The van der Waals surface area contributed by atoms with Crippen LogP contribution in [0.5, 0.6) is 0 Å². The monoisotopic (exact) mass is 289 g/mol. The molecule has 0 radical (unpaired) electrons. The van der Waals surface area contributed by atoms with E-state index in [1.165, 1.54) is 30.6 Å². The minimum Gasteiger partial charge on any atom is -0.309 e. The number of likely N-dealkylation sites (N-methyl/N-ethyl adjacent to an activating group) is 2. The summed E-state index contributed by atoms with van der Waals surface area (Å²) in [5.41, 5.74) is 2.84. The van der Waals surface area contributed by atoms with Crippen molar-refractivity contribution in [2.45, 2.75) is 38.8 Å². The second kappa shape index (κ2) is 7.92. The van der Waals surface area contributed by atoms with Crippen molar-refractivity contribution < 1.29 is 0 Å². The molecule has 0 spiro atoms. The van der Waals surface area contributed by atoms with E-state index in [1.807, 2.05) is 0 Å². The van der Waals surface area contributed by atoms with E-state index >= 15 is 0 Å². The van der Waals surface area contributed by atoms with Crippen molar-refractivity contribution in [1.29, 1.82) is 0 Å². The maximum absolute atomic E-state index is 3.65. The first kappa shape index (κ1) is 16.5. The fourth-order valence-corrected chi connectivity index (χ4v) is 3.18. The molecule has 2 atom stereocenters. The van der Waals surface area contributed by atoms with Gasteiger partial charge in [-0.15, -0.1) is 0 Å². The zero-order valence-corrected chi connectivity index (χ0v) is 14.1. The van der Waals surface area contributed by atoms with Gasteiger partial charge < -0.3 is 10.2 Å². The Morgan fingerprint density at radius 1 is 1.24 bits per heavy atom. The summed E-state index contributed by atoms with van der Waals surface area (Å²) in [6.07, 6.45) is 2.41. The van der Waals surface area contributed by atoms with E-state index in [9.17, 15) is 0 Å². The molecule has 1 saturated heterocycles. The number of aryl methyl sites for hydroxylation is 1. The van der Waals surface area contributed by atoms with Crippen LogP contribution in [0.4, 0.5) is 0 Å². The van der Waals surface area contributed by atoms with E-state index in [0.717, 1.165) is 25.6 Å². The van der Waals surface area contributed by atoms with E-state index in [-0.39, 0.29) is 0 Å². The lowest BCUT2D eigenvalue weighted by molar-refractivity contribution is 0.251. The van der Waals surface area contributed by atoms with Gasteiger partial charge in [0.25, 0.3) is 0 Å². The normalized spacial score (nSPS) is 21.1. The molecule has 2 unspecified atom stereocenters. The van der Waals surface area contributed by atoms with Crippen LogP contribution in [0.25, 0.3) is 0 Å². The van der Waals surface area contributed by atoms with Crippen LogP contribution in [0.3, 0.4) is 0 Å². The highest BCUT2D eigenvalue weighted by Gasteiger charge is 2.26. The number of likely N-dealkylation sites (tertiary alicyclic amines) is 1. The molecule has 1 aromatic rings. The first-order chi connectivity index (χ1) is 10.1. The van der Waals surface area contributed by atoms with Crippen LogP contribution < -0.4 is 5.32 Å². The summed E-state index contributed by atoms with van der Waals surface area (Å²) >= 11 is 0. The summed E-state index contributed by atoms with van der Waals surface area (Å²) in [6.45, 7) is 8.96. The Morgan fingerprint density at radius 2 is 1.95 bits per heavy atom. The summed E-state index contributed by atoms with van der Waals surface area (Å²) in [6, 6.07) is 10.3. The maximum Gasteiger partial charge on any atom is 0.0449 e. The molecule has 118 valence electrons. The summed E-state index contributed by atoms with van der Waals surface area (Å²) in [5.74, 6) is 0. The van der Waals surface area contributed by atoms with Gasteiger partial charge >= 0.3 is 0 Å². The molecule has 3 heteroatoms. The number of nitrogens with zero attached hydrogens (tertiary/aromatic N) is 2. The first-order valence-corrected chi connectivity index (χ1v) is 8.35. The molecule has 0 aliphatic carbocycles. The van der Waals surface area contributed by atoms with Crippen molar-refractivity contribution in [3.63, 3.8) is 0 Å². The average molecular weight is 289 g/mol. The van der Waals surface area contributed by atoms with E-state index in [0.29, 0.717) is 6.04 Å². The minimum absolute atomic E-state index is 0.446. The number of rotatable bonds is 7. The molecule has 1 aromatic carbocycles. The van der Waals surface area contributed by atoms with E-state index in [1.54, 1.807) is 0 Å². The van der Waals surface area contributed by atoms with Crippen LogP contribution in [-0.2, 0) is 6.42 Å². The third-order valence-corrected chi connectivity index (χ3v) is 4.66. The molecule has 1 aliphatic heterocycles. The van der Waals surface area contributed by atoms with Crippen molar-refractivity contribution in [3.8, 4) is 0 Å². The van der Waals surface area contributed by atoms with Gasteiger partial charge in [-0.2, -0.15) is 0 Å². The second-order valence-corrected chi connectivity index (χ2v) is 6.37. The Hall–Kier alpha value is -0.900. The molecule has 0 saturated carbocycles. The molecule has 2 rings (SSSR count). The van der Waals surface area contributed by atoms with Crippen LogP contribution in [0.1, 0.15) is 37.4 Å². The van der Waals surface area contributed by atoms with Crippen LogP contribution in [0.15, 0.2) is 24.3 Å². The highest BCUT2D eigenvalue weighted by Crippen LogP contribution is 2.20. The van der Waals surface area contributed by atoms with E-state index in [4.69, 9.17) is 0 Å². The predicted octanol–water partition coefficient (Wildman–Crippen LogP) is 2.54. The second-order valence-electron chi connectivity index (χ2n) is 6.37. The Labute approximate surface area is 130 Å². The van der Waals surface area contributed by atoms with Crippen LogP contribution >= 0.6 is 0 Å². The lowest BCUT2D eigenvalue weighted by Crippen LogP contribution is -2.36. The van der Waals surface area contributed by atoms with E-state index in [2.05, 4.69) is 67.3 Å². The molecule has 1 aliphatic rings. The van der Waals surface area contributed by atoms with Gasteiger partial charge in [-0.05, 0) is 51.2 Å². The quantitative estimate of drug-likeness (QED) is 0.832. The van der Waals surface area contributed by atoms with Crippen LogP contribution in [0.2, 0.25) is 0 Å². The highest BCUT2D eigenvalue weighted by atomic mass is 15.2. The number of nitrogens with one attached hydrogen (secondary N) is 1. The maximum atomic E-state index is 3.65. The molecule has 0 amide bonds. The summed E-state index contributed by atoms with van der Waals surface area (Å²) < 4.78 is 0. The van der Waals surface area contributed by atoms with Crippen molar-refractivity contribution in [1.82, 2.24) is 15.1 Å². The standard InChI is InChI=1S/C18H31N3/c1-5-15-7-9-16(10-8-15)18(19-6-2)14-21-12-11-17(13-21)20(3)4/h7-10,17-19H,5-6,11-14H2,1-4H3. The summed E-state index contributed by atoms with van der Waals surface area (Å²) in [4.78, 5) is 4.96. The lowest BCUT2D eigenvalue weighted by Gasteiger charge is -2.26. The van der Waals surface area contributed by atoms with Gasteiger partial charge in [0.2, 0.25) is 0 Å². The zero-order valence-electron chi connectivity index (χ0n) is 14.1. The van der Waals surface area contributed by atoms with Gasteiger partial charge in [0.15, 0.2) is 0 Å². The number of benzene rings is 1. The molecular formula is C18H31N3. The Balaban J connectivity index is 1.98. The Morgan fingerprint density at radius 3 is 2.48 bits per heavy atom. The van der Waals surface area contributed by atoms with Gasteiger partial charge in [0.1, 0.15) is 0 Å². The minimum atomic E-state index is 0.446. The topological polar surface area (TPSA) is 18.5 Å². The number of hydrogen-bond acceptors (Lipinski definition) is 3. The van der Waals surface area contributed by atoms with Gasteiger partial charge in [-0.1, -0.05) is 38.1 Å². The van der Waals surface area contributed by atoms with Gasteiger partial charge in [0, 0.05) is 25.2 Å². The Bertz CT molecular complexity index is 413. The smallest absolute Gasteiger partial charge is 0.0449 e. The molecule has 1 N–H and O–H groups in total. The number of hydrogen-bond donors (Lipinski definition) is 1. The summed E-state index contributed by atoms with van der Waals surface area (Å²) in [5, 5.41) is 3.65. The molecule has 3 nitrogen and oxygen atoms in total. The van der Waals surface area contributed by atoms with Gasteiger partial charge in [-0.3, -0.25) is 4.90 Å². The lowest BCUT2D eigenvalue weighted by atomic mass is 10.0. The Kier molecular flexibility index (Phi) is 6.22. The fourth-order valence-electron chi connectivity index (χ4n) is 3.18. The fraction of sp³-hybridized carbons (Fsp3) is 0.667. The zero-order chi connectivity index (χ0) is 15.2. The van der Waals surface area contributed by atoms with Crippen molar-refractivity contribution in [3.05, 3.63) is 35.4 Å². The molecule has 21 heavy (non-hydrogen) atoms. The SMILES string of the molecule is CCNC(CN1CCC(N(C)C)C1)c1ccc(CC)cc1. The summed E-state index contributed by atoms with van der Waals surface area (Å²) in [7, 11) is 4.39. The van der Waals surface area contributed by atoms with Crippen molar-refractivity contribution >= 4 is 0 Å².